The Kier molecular flexibility index (Phi) is 0.557. The Labute approximate surface area is 42.5 Å². The van der Waals surface area contributed by atoms with Gasteiger partial charge in [-0.1, -0.05) is 0 Å². The number of piperidine rings is 1. The number of aliphatic hydroxyl groups is 1. The molecule has 0 amide bonds. The Bertz CT molecular complexity index is 84.1. The van der Waals surface area contributed by atoms with Crippen molar-refractivity contribution in [2.24, 2.45) is 11.8 Å². The fourth-order valence-corrected chi connectivity index (χ4v) is 1.39. The zero-order chi connectivity index (χ0) is 4.85. The van der Waals surface area contributed by atoms with Gasteiger partial charge in [-0.2, -0.15) is 0 Å². The summed E-state index contributed by atoms with van der Waals surface area (Å²) in [5, 5.41) is 12.1. The van der Waals surface area contributed by atoms with E-state index < -0.39 is 0 Å². The van der Waals surface area contributed by atoms with Crippen LogP contribution >= 0.6 is 0 Å². The number of rotatable bonds is 0. The lowest BCUT2D eigenvalue weighted by Gasteiger charge is -1.93. The van der Waals surface area contributed by atoms with Gasteiger partial charge in [-0.15, -0.1) is 0 Å². The van der Waals surface area contributed by atoms with E-state index in [0.717, 1.165) is 13.1 Å². The number of aliphatic hydroxyl groups excluding tert-OH is 1. The van der Waals surface area contributed by atoms with Crippen molar-refractivity contribution < 1.29 is 5.11 Å². The molecule has 3 atom stereocenters. The van der Waals surface area contributed by atoms with Crippen LogP contribution in [0.25, 0.3) is 0 Å². The van der Waals surface area contributed by atoms with Crippen LogP contribution in [-0.2, 0) is 0 Å². The Hall–Kier alpha value is -0.0800. The van der Waals surface area contributed by atoms with E-state index in [0.29, 0.717) is 11.8 Å². The standard InChI is InChI=1S/C5H9NO/c7-5-3-1-6-2-4(3)5/h3-7H,1-2H2/t3-,4+,5+. The van der Waals surface area contributed by atoms with Gasteiger partial charge < -0.3 is 10.4 Å². The number of nitrogens with one attached hydrogen (secondary N) is 1. The first-order valence-corrected chi connectivity index (χ1v) is 2.78. The summed E-state index contributed by atoms with van der Waals surface area (Å²) >= 11 is 0. The summed E-state index contributed by atoms with van der Waals surface area (Å²) in [5.41, 5.74) is 0. The molecule has 2 nitrogen and oxygen atoms in total. The van der Waals surface area contributed by atoms with Gasteiger partial charge in [0.2, 0.25) is 0 Å². The zero-order valence-electron chi connectivity index (χ0n) is 4.09. The highest BCUT2D eigenvalue weighted by Gasteiger charge is 2.51. The van der Waals surface area contributed by atoms with Crippen molar-refractivity contribution in [2.45, 2.75) is 6.10 Å². The lowest BCUT2D eigenvalue weighted by atomic mass is 10.4. The molecule has 1 heterocycles. The predicted octanol–water partition coefficient (Wildman–Crippen LogP) is -0.804. The van der Waals surface area contributed by atoms with Gasteiger partial charge in [0, 0.05) is 24.9 Å². The van der Waals surface area contributed by atoms with Crippen molar-refractivity contribution in [1.82, 2.24) is 5.32 Å². The highest BCUT2D eigenvalue weighted by atomic mass is 16.3. The summed E-state index contributed by atoms with van der Waals surface area (Å²) in [6.07, 6.45) is 0.0567. The van der Waals surface area contributed by atoms with E-state index in [2.05, 4.69) is 5.32 Å². The van der Waals surface area contributed by atoms with Gasteiger partial charge in [0.15, 0.2) is 0 Å². The maximum absolute atomic E-state index is 8.91. The topological polar surface area (TPSA) is 32.3 Å². The van der Waals surface area contributed by atoms with E-state index in [1.54, 1.807) is 0 Å². The molecule has 0 spiro atoms. The van der Waals surface area contributed by atoms with Crippen LogP contribution in [0.1, 0.15) is 0 Å². The average Bonchev–Trinajstić information content (AvgIpc) is 2.26. The first-order valence-electron chi connectivity index (χ1n) is 2.78. The summed E-state index contributed by atoms with van der Waals surface area (Å²) in [7, 11) is 0. The van der Waals surface area contributed by atoms with Crippen molar-refractivity contribution in [3.05, 3.63) is 0 Å². The van der Waals surface area contributed by atoms with Crippen LogP contribution < -0.4 is 5.32 Å². The minimum atomic E-state index is 0.0567. The van der Waals surface area contributed by atoms with Crippen LogP contribution in [0.15, 0.2) is 0 Å². The molecule has 2 N–H and O–H groups in total. The normalized spacial score (nSPS) is 57.0. The Morgan fingerprint density at radius 2 is 1.86 bits per heavy atom. The van der Waals surface area contributed by atoms with Crippen LogP contribution in [0, 0.1) is 11.8 Å². The molecule has 1 saturated heterocycles. The third-order valence-corrected chi connectivity index (χ3v) is 2.05. The first kappa shape index (κ1) is 3.87. The Balaban J connectivity index is 2.06. The molecule has 0 aromatic heterocycles. The first-order chi connectivity index (χ1) is 3.39. The molecule has 0 aromatic rings. The molecule has 0 bridgehead atoms. The third-order valence-electron chi connectivity index (χ3n) is 2.05. The molecule has 40 valence electrons. The maximum atomic E-state index is 8.91. The predicted molar refractivity (Wildman–Crippen MR) is 25.9 cm³/mol. The molecule has 1 aliphatic carbocycles. The van der Waals surface area contributed by atoms with Crippen molar-refractivity contribution >= 4 is 0 Å². The SMILES string of the molecule is O[C@@H]1[C@H]2CNC[C@@H]12. The molecule has 2 heteroatoms. The van der Waals surface area contributed by atoms with Crippen LogP contribution in [-0.4, -0.2) is 24.3 Å². The second-order valence-electron chi connectivity index (χ2n) is 2.48. The molecule has 2 aliphatic rings. The van der Waals surface area contributed by atoms with E-state index in [9.17, 15) is 0 Å². The molecule has 0 aromatic carbocycles. The van der Waals surface area contributed by atoms with Gasteiger partial charge in [-0.3, -0.25) is 0 Å². The zero-order valence-corrected chi connectivity index (χ0v) is 4.09. The third kappa shape index (κ3) is 0.359. The minimum Gasteiger partial charge on any atom is -0.392 e. The molecule has 0 unspecified atom stereocenters. The van der Waals surface area contributed by atoms with Gasteiger partial charge in [0.25, 0.3) is 0 Å². The number of hydrogen-bond donors (Lipinski definition) is 2. The summed E-state index contributed by atoms with van der Waals surface area (Å²) in [4.78, 5) is 0. The summed E-state index contributed by atoms with van der Waals surface area (Å²) < 4.78 is 0. The van der Waals surface area contributed by atoms with Crippen molar-refractivity contribution in [2.75, 3.05) is 13.1 Å². The molecule has 1 aliphatic heterocycles. The van der Waals surface area contributed by atoms with E-state index in [-0.39, 0.29) is 6.10 Å². The highest BCUT2D eigenvalue weighted by Crippen LogP contribution is 2.41. The van der Waals surface area contributed by atoms with Gasteiger partial charge >= 0.3 is 0 Å². The Morgan fingerprint density at radius 3 is 2.14 bits per heavy atom. The van der Waals surface area contributed by atoms with Gasteiger partial charge in [-0.05, 0) is 0 Å². The van der Waals surface area contributed by atoms with E-state index in [4.69, 9.17) is 5.11 Å². The fourth-order valence-electron chi connectivity index (χ4n) is 1.39. The second kappa shape index (κ2) is 1.01. The quantitative estimate of drug-likeness (QED) is 0.416. The average molecular weight is 99.1 g/mol. The van der Waals surface area contributed by atoms with Crippen molar-refractivity contribution in [1.29, 1.82) is 0 Å². The van der Waals surface area contributed by atoms with Crippen molar-refractivity contribution in [3.63, 3.8) is 0 Å². The summed E-state index contributed by atoms with van der Waals surface area (Å²) in [5.74, 6) is 1.25. The lowest BCUT2D eigenvalue weighted by Crippen LogP contribution is -2.16. The monoisotopic (exact) mass is 99.1 g/mol. The van der Waals surface area contributed by atoms with Crippen molar-refractivity contribution in [3.8, 4) is 0 Å². The molecule has 0 radical (unpaired) electrons. The van der Waals surface area contributed by atoms with Gasteiger partial charge in [0.1, 0.15) is 0 Å². The van der Waals surface area contributed by atoms with Crippen LogP contribution in [0.2, 0.25) is 0 Å². The molecule has 7 heavy (non-hydrogen) atoms. The fraction of sp³-hybridized carbons (Fsp3) is 1.00. The number of hydrogen-bond acceptors (Lipinski definition) is 2. The van der Waals surface area contributed by atoms with Crippen LogP contribution in [0.4, 0.5) is 0 Å². The summed E-state index contributed by atoms with van der Waals surface area (Å²) in [6, 6.07) is 0. The largest absolute Gasteiger partial charge is 0.392 e. The lowest BCUT2D eigenvalue weighted by molar-refractivity contribution is 0.237. The molecule has 2 fully saturated rings. The smallest absolute Gasteiger partial charge is 0.0629 e. The highest BCUT2D eigenvalue weighted by molar-refractivity contribution is 5.04. The molecular weight excluding hydrogens is 90.1 g/mol. The number of fused-ring (bicyclic) bond motifs is 1. The van der Waals surface area contributed by atoms with Crippen LogP contribution in [0.3, 0.4) is 0 Å². The molecule has 2 rings (SSSR count). The van der Waals surface area contributed by atoms with E-state index in [1.165, 1.54) is 0 Å². The maximum Gasteiger partial charge on any atom is 0.0629 e. The van der Waals surface area contributed by atoms with E-state index in [1.807, 2.05) is 0 Å². The Morgan fingerprint density at radius 1 is 1.29 bits per heavy atom. The van der Waals surface area contributed by atoms with Gasteiger partial charge in [0.05, 0.1) is 6.10 Å². The van der Waals surface area contributed by atoms with E-state index >= 15 is 0 Å². The molecule has 1 saturated carbocycles. The van der Waals surface area contributed by atoms with Gasteiger partial charge in [-0.25, -0.2) is 0 Å². The molecular formula is C5H9NO. The minimum absolute atomic E-state index is 0.0567. The van der Waals surface area contributed by atoms with Crippen LogP contribution in [0.5, 0.6) is 0 Å². The summed E-state index contributed by atoms with van der Waals surface area (Å²) in [6.45, 7) is 2.09. The second-order valence-corrected chi connectivity index (χ2v) is 2.48.